The average molecular weight is 507 g/mol. The van der Waals surface area contributed by atoms with Gasteiger partial charge < -0.3 is 19.9 Å². The van der Waals surface area contributed by atoms with Gasteiger partial charge in [-0.3, -0.25) is 4.79 Å². The molecule has 2 unspecified atom stereocenters. The average Bonchev–Trinajstić information content (AvgIpc) is 2.83. The molecular formula is C25H49NO7P+. The van der Waals surface area contributed by atoms with Crippen molar-refractivity contribution in [1.82, 2.24) is 5.32 Å². The molecule has 8 nitrogen and oxygen atoms in total. The Morgan fingerprint density at radius 2 is 1.56 bits per heavy atom. The third kappa shape index (κ3) is 30.9. The van der Waals surface area contributed by atoms with Gasteiger partial charge in [0.15, 0.2) is 0 Å². The molecular weight excluding hydrogens is 457 g/mol. The van der Waals surface area contributed by atoms with Gasteiger partial charge in [-0.15, -0.1) is 9.42 Å². The molecule has 3 N–H and O–H groups in total. The molecule has 9 heteroatoms. The van der Waals surface area contributed by atoms with Crippen LogP contribution in [0.15, 0.2) is 24.3 Å². The maximum Gasteiger partial charge on any atom is 0.694 e. The summed E-state index contributed by atoms with van der Waals surface area (Å²) >= 11 is 0. The number of hydrogen-bond donors (Lipinski definition) is 3. The van der Waals surface area contributed by atoms with Crippen molar-refractivity contribution in [2.24, 2.45) is 0 Å². The Morgan fingerprint density at radius 3 is 2.12 bits per heavy atom. The number of ether oxygens (including phenoxy) is 2. The second kappa shape index (κ2) is 29.9. The molecule has 0 heterocycles. The molecule has 0 saturated carbocycles. The van der Waals surface area contributed by atoms with Gasteiger partial charge in [0.1, 0.15) is 12.7 Å². The fourth-order valence-electron chi connectivity index (χ4n) is 2.90. The van der Waals surface area contributed by atoms with Crippen molar-refractivity contribution in [3.05, 3.63) is 24.3 Å². The first-order valence-electron chi connectivity index (χ1n) is 12.5. The van der Waals surface area contributed by atoms with E-state index in [-0.39, 0.29) is 25.2 Å². The first kappa shape index (κ1) is 35.0. The highest BCUT2D eigenvalue weighted by Crippen LogP contribution is 2.14. The van der Waals surface area contributed by atoms with Gasteiger partial charge in [0.2, 0.25) is 5.91 Å². The molecule has 0 aromatic rings. The molecule has 0 aromatic heterocycles. The number of amides is 1. The molecule has 0 aliphatic heterocycles. The van der Waals surface area contributed by atoms with Crippen LogP contribution in [0.2, 0.25) is 0 Å². The highest BCUT2D eigenvalue weighted by atomic mass is 31.1. The molecule has 0 aliphatic rings. The summed E-state index contributed by atoms with van der Waals surface area (Å²) in [7, 11) is 0.467. The Hall–Kier alpha value is -1.15. The number of rotatable bonds is 22. The number of hydrogen-bond acceptors (Lipinski definition) is 6. The van der Waals surface area contributed by atoms with E-state index in [0.717, 1.165) is 19.3 Å². The molecule has 0 fully saturated rings. The monoisotopic (exact) mass is 506 g/mol. The Bertz CT molecular complexity index is 515. The van der Waals surface area contributed by atoms with Crippen LogP contribution in [-0.4, -0.2) is 62.6 Å². The van der Waals surface area contributed by atoms with Gasteiger partial charge in [-0.1, -0.05) is 63.3 Å². The van der Waals surface area contributed by atoms with Crippen LogP contribution in [0.5, 0.6) is 0 Å². The zero-order valence-corrected chi connectivity index (χ0v) is 22.5. The zero-order chi connectivity index (χ0) is 25.7. The van der Waals surface area contributed by atoms with Crippen molar-refractivity contribution < 1.29 is 33.4 Å². The van der Waals surface area contributed by atoms with Gasteiger partial charge in [0.05, 0.1) is 13.2 Å². The summed E-state index contributed by atoms with van der Waals surface area (Å²) in [6, 6.07) is 0. The standard InChI is InChI=1S/C20H37NO2.C5H11O5P/c1-2-3-4-5-6-7-8-9-10-11-12-13-14-15-16-17-20(23)21-18-19-22;1-8-3-5(9-2)4-10-11(6)7/h6-7,9-10,22H,2-5,8,11-19H2,1H3,(H,21,23);5H,3-4H2,1-2H3/p+1/b7-6-,10-9-;. The Morgan fingerprint density at radius 1 is 0.941 bits per heavy atom. The van der Waals surface area contributed by atoms with Crippen molar-refractivity contribution in [2.75, 3.05) is 40.6 Å². The van der Waals surface area contributed by atoms with E-state index in [9.17, 15) is 9.36 Å². The Kier molecular flexibility index (Phi) is 30.8. The lowest BCUT2D eigenvalue weighted by Crippen LogP contribution is -2.25. The second-order valence-corrected chi connectivity index (χ2v) is 8.63. The third-order valence-corrected chi connectivity index (χ3v) is 5.22. The molecule has 0 radical (unpaired) electrons. The molecule has 0 spiro atoms. The van der Waals surface area contributed by atoms with E-state index in [4.69, 9.17) is 19.5 Å². The number of unbranched alkanes of at least 4 members (excludes halogenated alkanes) is 8. The smallest absolute Gasteiger partial charge is 0.395 e. The molecule has 0 saturated heterocycles. The molecule has 1 amide bonds. The molecule has 200 valence electrons. The van der Waals surface area contributed by atoms with Gasteiger partial charge in [-0.2, -0.15) is 0 Å². The van der Waals surface area contributed by atoms with E-state index in [2.05, 4.69) is 41.1 Å². The molecule has 0 aliphatic carbocycles. The van der Waals surface area contributed by atoms with E-state index in [1.807, 2.05) is 0 Å². The topological polar surface area (TPSA) is 114 Å². The van der Waals surface area contributed by atoms with E-state index in [1.54, 1.807) is 0 Å². The first-order chi connectivity index (χ1) is 16.5. The third-order valence-electron chi connectivity index (χ3n) is 4.85. The van der Waals surface area contributed by atoms with Crippen LogP contribution in [0.1, 0.15) is 84.0 Å². The largest absolute Gasteiger partial charge is 0.694 e. The molecule has 34 heavy (non-hydrogen) atoms. The fraction of sp³-hybridized carbons (Fsp3) is 0.800. The fourth-order valence-corrected chi connectivity index (χ4v) is 3.19. The van der Waals surface area contributed by atoms with Crippen LogP contribution < -0.4 is 5.32 Å². The van der Waals surface area contributed by atoms with Crippen molar-refractivity contribution in [3.8, 4) is 0 Å². The lowest BCUT2D eigenvalue weighted by Gasteiger charge is -2.09. The molecule has 0 aromatic carbocycles. The summed E-state index contributed by atoms with van der Waals surface area (Å²) in [5, 5.41) is 11.3. The second-order valence-electron chi connectivity index (χ2n) is 7.90. The van der Waals surface area contributed by atoms with Gasteiger partial charge in [-0.05, 0) is 38.5 Å². The van der Waals surface area contributed by atoms with Crippen LogP contribution in [-0.2, 0) is 23.4 Å². The molecule has 0 rings (SSSR count). The lowest BCUT2D eigenvalue weighted by molar-refractivity contribution is -0.121. The van der Waals surface area contributed by atoms with E-state index < -0.39 is 8.25 Å². The SMILES string of the molecule is CCCCC/C=C\C/C=C\CCCCCCCC(=O)NCCO.COCC(CO[P+](=O)O)OC. The van der Waals surface area contributed by atoms with Crippen LogP contribution >= 0.6 is 8.25 Å². The molecule has 0 bridgehead atoms. The van der Waals surface area contributed by atoms with Gasteiger partial charge in [0, 0.05) is 31.8 Å². The number of carbonyl (C=O) groups excluding carboxylic acids is 1. The van der Waals surface area contributed by atoms with E-state index in [1.165, 1.54) is 65.6 Å². The number of nitrogens with one attached hydrogen (secondary N) is 1. The minimum Gasteiger partial charge on any atom is -0.395 e. The summed E-state index contributed by atoms with van der Waals surface area (Å²) in [5.74, 6) is 0.0599. The van der Waals surface area contributed by atoms with Crippen molar-refractivity contribution in [3.63, 3.8) is 0 Å². The van der Waals surface area contributed by atoms with E-state index in [0.29, 0.717) is 19.6 Å². The summed E-state index contributed by atoms with van der Waals surface area (Å²) in [6.45, 7) is 3.05. The minimum absolute atomic E-state index is 0.0217. The first-order valence-corrected chi connectivity index (χ1v) is 13.6. The predicted octanol–water partition coefficient (Wildman–Crippen LogP) is 5.22. The number of aliphatic hydroxyl groups is 1. The van der Waals surface area contributed by atoms with E-state index >= 15 is 0 Å². The lowest BCUT2D eigenvalue weighted by atomic mass is 10.1. The van der Waals surface area contributed by atoms with Gasteiger partial charge >= 0.3 is 8.25 Å². The summed E-state index contributed by atoms with van der Waals surface area (Å²) in [6.07, 6.45) is 22.6. The number of carbonyl (C=O) groups is 1. The van der Waals surface area contributed by atoms with Crippen molar-refractivity contribution in [2.45, 2.75) is 90.1 Å². The summed E-state index contributed by atoms with van der Waals surface area (Å²) < 4.78 is 24.1. The van der Waals surface area contributed by atoms with Crippen LogP contribution in [0.25, 0.3) is 0 Å². The van der Waals surface area contributed by atoms with Crippen LogP contribution in [0, 0.1) is 0 Å². The van der Waals surface area contributed by atoms with Gasteiger partial charge in [-0.25, -0.2) is 0 Å². The summed E-state index contributed by atoms with van der Waals surface area (Å²) in [4.78, 5) is 19.6. The highest BCUT2D eigenvalue weighted by Gasteiger charge is 2.17. The normalized spacial score (nSPS) is 12.6. The van der Waals surface area contributed by atoms with Crippen molar-refractivity contribution in [1.29, 1.82) is 0 Å². The van der Waals surface area contributed by atoms with Crippen LogP contribution in [0.4, 0.5) is 0 Å². The highest BCUT2D eigenvalue weighted by molar-refractivity contribution is 7.32. The number of aliphatic hydroxyl groups excluding tert-OH is 1. The minimum atomic E-state index is -2.53. The quantitative estimate of drug-likeness (QED) is 0.105. The Labute approximate surface area is 208 Å². The summed E-state index contributed by atoms with van der Waals surface area (Å²) in [5.41, 5.74) is 0. The number of methoxy groups -OCH3 is 2. The maximum absolute atomic E-state index is 11.3. The van der Waals surface area contributed by atoms with Gasteiger partial charge in [0.25, 0.3) is 0 Å². The number of allylic oxidation sites excluding steroid dienone is 4. The zero-order valence-electron chi connectivity index (χ0n) is 21.6. The maximum atomic E-state index is 11.3. The predicted molar refractivity (Wildman–Crippen MR) is 138 cm³/mol. The van der Waals surface area contributed by atoms with Crippen molar-refractivity contribution >= 4 is 14.2 Å². The molecule has 2 atom stereocenters. The van der Waals surface area contributed by atoms with Crippen LogP contribution in [0.3, 0.4) is 0 Å². The Balaban J connectivity index is 0.